The van der Waals surface area contributed by atoms with E-state index in [9.17, 15) is 4.39 Å². The van der Waals surface area contributed by atoms with Gasteiger partial charge in [0, 0.05) is 16.5 Å². The molecule has 0 aliphatic carbocycles. The molecule has 0 saturated heterocycles. The molecule has 1 heterocycles. The molecule has 2 N–H and O–H groups in total. The fraction of sp³-hybridized carbons (Fsp3) is 0.333. The van der Waals surface area contributed by atoms with Gasteiger partial charge >= 0.3 is 0 Å². The summed E-state index contributed by atoms with van der Waals surface area (Å²) < 4.78 is 14.7. The van der Waals surface area contributed by atoms with Gasteiger partial charge in [0.25, 0.3) is 0 Å². The molecule has 0 bridgehead atoms. The van der Waals surface area contributed by atoms with Gasteiger partial charge in [0.05, 0.1) is 0 Å². The summed E-state index contributed by atoms with van der Waals surface area (Å²) in [6.45, 7) is 2.00. The van der Waals surface area contributed by atoms with Crippen LogP contribution in [-0.4, -0.2) is 16.2 Å². The van der Waals surface area contributed by atoms with Crippen molar-refractivity contribution in [2.45, 2.75) is 35.0 Å². The van der Waals surface area contributed by atoms with Gasteiger partial charge in [-0.15, -0.1) is 10.2 Å². The van der Waals surface area contributed by atoms with Crippen molar-refractivity contribution < 1.29 is 4.39 Å². The Labute approximate surface area is 114 Å². The van der Waals surface area contributed by atoms with Gasteiger partial charge in [-0.05, 0) is 25.0 Å². The third-order valence-corrected chi connectivity index (χ3v) is 4.48. The minimum Gasteiger partial charge on any atom is -0.327 e. The first-order valence-corrected chi connectivity index (χ1v) is 7.37. The van der Waals surface area contributed by atoms with Gasteiger partial charge in [-0.1, -0.05) is 36.1 Å². The molecule has 0 aliphatic rings. The number of halogens is 1. The maximum absolute atomic E-state index is 13.9. The Morgan fingerprint density at radius 1 is 1.50 bits per heavy atom. The summed E-state index contributed by atoms with van der Waals surface area (Å²) in [4.78, 5) is 0.871. The fourth-order valence-corrected chi connectivity index (χ4v) is 3.14. The van der Waals surface area contributed by atoms with Gasteiger partial charge < -0.3 is 5.73 Å². The van der Waals surface area contributed by atoms with Crippen molar-refractivity contribution in [3.05, 3.63) is 35.1 Å². The first kappa shape index (κ1) is 13.5. The summed E-state index contributed by atoms with van der Waals surface area (Å²) in [6.07, 6.45) is 1.38. The number of hydrogen-bond acceptors (Lipinski definition) is 5. The van der Waals surface area contributed by atoms with E-state index in [-0.39, 0.29) is 11.9 Å². The van der Waals surface area contributed by atoms with E-state index in [2.05, 4.69) is 10.2 Å². The lowest BCUT2D eigenvalue weighted by Gasteiger charge is -2.13. The van der Waals surface area contributed by atoms with E-state index in [1.165, 1.54) is 29.2 Å². The second-order valence-electron chi connectivity index (χ2n) is 3.90. The first-order valence-electron chi connectivity index (χ1n) is 5.67. The van der Waals surface area contributed by atoms with Crippen molar-refractivity contribution in [1.82, 2.24) is 10.2 Å². The normalized spacial score (nSPS) is 12.6. The average molecular weight is 283 g/mol. The molecule has 0 aliphatic heterocycles. The van der Waals surface area contributed by atoms with E-state index in [0.717, 1.165) is 15.7 Å². The van der Waals surface area contributed by atoms with E-state index in [1.807, 2.05) is 13.0 Å². The van der Waals surface area contributed by atoms with Crippen molar-refractivity contribution in [3.63, 3.8) is 0 Å². The Hall–Kier alpha value is -0.980. The number of benzene rings is 1. The van der Waals surface area contributed by atoms with Crippen LogP contribution in [0.2, 0.25) is 0 Å². The van der Waals surface area contributed by atoms with Crippen LogP contribution in [0.15, 0.2) is 32.9 Å². The molecule has 0 amide bonds. The van der Waals surface area contributed by atoms with E-state index in [4.69, 9.17) is 5.73 Å². The summed E-state index contributed by atoms with van der Waals surface area (Å²) >= 11 is 2.88. The van der Waals surface area contributed by atoms with E-state index in [1.54, 1.807) is 11.6 Å². The predicted octanol–water partition coefficient (Wildman–Crippen LogP) is 3.11. The van der Waals surface area contributed by atoms with Crippen molar-refractivity contribution in [1.29, 1.82) is 0 Å². The number of aromatic nitrogens is 2. The average Bonchev–Trinajstić information content (AvgIpc) is 2.86. The molecule has 96 valence electrons. The fourth-order valence-electron chi connectivity index (χ4n) is 1.54. The topological polar surface area (TPSA) is 51.8 Å². The predicted molar refractivity (Wildman–Crippen MR) is 72.4 cm³/mol. The molecular formula is C12H14FN3S2. The molecule has 2 rings (SSSR count). The number of rotatable bonds is 5. The molecule has 6 heteroatoms. The minimum absolute atomic E-state index is 0.0179. The van der Waals surface area contributed by atoms with Crippen LogP contribution < -0.4 is 5.73 Å². The first-order chi connectivity index (χ1) is 8.70. The molecule has 1 aromatic carbocycles. The second kappa shape index (κ2) is 6.26. The third kappa shape index (κ3) is 3.28. The van der Waals surface area contributed by atoms with Crippen LogP contribution in [0.1, 0.15) is 18.9 Å². The third-order valence-electron chi connectivity index (χ3n) is 2.60. The number of nitrogens with two attached hydrogens (primary N) is 1. The van der Waals surface area contributed by atoms with Crippen LogP contribution in [0.4, 0.5) is 4.39 Å². The Kier molecular flexibility index (Phi) is 4.68. The molecular weight excluding hydrogens is 269 g/mol. The summed E-state index contributed by atoms with van der Waals surface area (Å²) in [5.74, 6) is -0.201. The molecule has 1 aromatic heterocycles. The quantitative estimate of drug-likeness (QED) is 0.916. The highest BCUT2D eigenvalue weighted by Gasteiger charge is 2.13. The van der Waals surface area contributed by atoms with Crippen LogP contribution in [0, 0.1) is 5.82 Å². The maximum Gasteiger partial charge on any atom is 0.178 e. The highest BCUT2D eigenvalue weighted by atomic mass is 32.2. The van der Waals surface area contributed by atoms with Crippen molar-refractivity contribution >= 4 is 23.1 Å². The van der Waals surface area contributed by atoms with Gasteiger partial charge in [-0.3, -0.25) is 0 Å². The van der Waals surface area contributed by atoms with Crippen LogP contribution in [0.3, 0.4) is 0 Å². The highest BCUT2D eigenvalue weighted by molar-refractivity contribution is 8.01. The molecule has 1 atom stereocenters. The molecule has 0 saturated carbocycles. The van der Waals surface area contributed by atoms with Gasteiger partial charge in [0.2, 0.25) is 0 Å². The monoisotopic (exact) mass is 283 g/mol. The molecule has 0 fully saturated rings. The van der Waals surface area contributed by atoms with Crippen molar-refractivity contribution in [3.8, 4) is 0 Å². The van der Waals surface area contributed by atoms with Crippen LogP contribution in [0.5, 0.6) is 0 Å². The molecule has 1 unspecified atom stereocenters. The van der Waals surface area contributed by atoms with E-state index in [0.29, 0.717) is 12.0 Å². The Morgan fingerprint density at radius 3 is 3.00 bits per heavy atom. The molecule has 0 radical (unpaired) electrons. The minimum atomic E-state index is -0.201. The zero-order valence-corrected chi connectivity index (χ0v) is 11.6. The SMILES string of the molecule is CCC(N)Cc1c(F)cccc1Sc1nncs1. The van der Waals surface area contributed by atoms with Crippen LogP contribution in [0.25, 0.3) is 0 Å². The molecule has 2 aromatic rings. The highest BCUT2D eigenvalue weighted by Crippen LogP contribution is 2.32. The van der Waals surface area contributed by atoms with Gasteiger partial charge in [0.1, 0.15) is 11.3 Å². The van der Waals surface area contributed by atoms with Crippen molar-refractivity contribution in [2.24, 2.45) is 5.73 Å². The van der Waals surface area contributed by atoms with Crippen LogP contribution >= 0.6 is 23.1 Å². The maximum atomic E-state index is 13.9. The Balaban J connectivity index is 2.26. The molecule has 18 heavy (non-hydrogen) atoms. The van der Waals surface area contributed by atoms with Crippen molar-refractivity contribution in [2.75, 3.05) is 0 Å². The molecule has 0 spiro atoms. The lowest BCUT2D eigenvalue weighted by molar-refractivity contribution is 0.571. The number of hydrogen-bond donors (Lipinski definition) is 1. The summed E-state index contributed by atoms with van der Waals surface area (Å²) in [5, 5.41) is 7.74. The Morgan fingerprint density at radius 2 is 2.33 bits per heavy atom. The van der Waals surface area contributed by atoms with Gasteiger partial charge in [0.15, 0.2) is 4.34 Å². The van der Waals surface area contributed by atoms with Gasteiger partial charge in [-0.2, -0.15) is 0 Å². The van der Waals surface area contributed by atoms with E-state index >= 15 is 0 Å². The van der Waals surface area contributed by atoms with Crippen LogP contribution in [-0.2, 0) is 6.42 Å². The lowest BCUT2D eigenvalue weighted by Crippen LogP contribution is -2.22. The summed E-state index contributed by atoms with van der Waals surface area (Å²) in [7, 11) is 0. The van der Waals surface area contributed by atoms with E-state index < -0.39 is 0 Å². The lowest BCUT2D eigenvalue weighted by atomic mass is 10.0. The largest absolute Gasteiger partial charge is 0.327 e. The smallest absolute Gasteiger partial charge is 0.178 e. The second-order valence-corrected chi connectivity index (χ2v) is 6.02. The summed E-state index contributed by atoms with van der Waals surface area (Å²) in [6, 6.07) is 5.06. The Bertz CT molecular complexity index is 502. The zero-order valence-electron chi connectivity index (χ0n) is 9.97. The van der Waals surface area contributed by atoms with Gasteiger partial charge in [-0.25, -0.2) is 4.39 Å². The standard InChI is InChI=1S/C12H14FN3S2/c1-2-8(14)6-9-10(13)4-3-5-11(9)18-12-16-15-7-17-12/h3-5,7-8H,2,6,14H2,1H3. The number of nitrogens with zero attached hydrogens (tertiary/aromatic N) is 2. The molecule has 3 nitrogen and oxygen atoms in total. The summed E-state index contributed by atoms with van der Waals surface area (Å²) in [5.41, 5.74) is 8.25. The zero-order chi connectivity index (χ0) is 13.0.